The second-order valence-corrected chi connectivity index (χ2v) is 1.97. The van der Waals surface area contributed by atoms with Crippen LogP contribution in [0, 0.1) is 23.7 Å². The van der Waals surface area contributed by atoms with Gasteiger partial charge in [0.1, 0.15) is 11.8 Å². The van der Waals surface area contributed by atoms with Crippen LogP contribution in [-0.4, -0.2) is 11.6 Å². The van der Waals surface area contributed by atoms with Crippen LogP contribution >= 0.6 is 0 Å². The Hall–Kier alpha value is -2.00. The van der Waals surface area contributed by atoms with Crippen LogP contribution in [0.4, 0.5) is 0 Å². The standard InChI is InChI=1S/C9H6N2O/c1-2-6-12-9-5-3-4-8(7-10)11-9/h1,3-5H,6H2. The molecule has 0 fully saturated rings. The summed E-state index contributed by atoms with van der Waals surface area (Å²) in [6, 6.07) is 6.84. The first-order chi connectivity index (χ1) is 5.86. The SMILES string of the molecule is C#CCOc1cccc(C#N)n1. The second-order valence-electron chi connectivity index (χ2n) is 1.97. The van der Waals surface area contributed by atoms with Crippen LogP contribution in [0.25, 0.3) is 0 Å². The van der Waals surface area contributed by atoms with E-state index in [2.05, 4.69) is 10.9 Å². The molecular weight excluding hydrogens is 152 g/mol. The van der Waals surface area contributed by atoms with Gasteiger partial charge in [0.15, 0.2) is 6.61 Å². The highest BCUT2D eigenvalue weighted by Crippen LogP contribution is 2.05. The fourth-order valence-corrected chi connectivity index (χ4v) is 0.673. The molecule has 0 aromatic carbocycles. The summed E-state index contributed by atoms with van der Waals surface area (Å²) in [6.07, 6.45) is 4.98. The zero-order chi connectivity index (χ0) is 8.81. The third kappa shape index (κ3) is 2.00. The monoisotopic (exact) mass is 158 g/mol. The molecule has 1 rings (SSSR count). The lowest BCUT2D eigenvalue weighted by atomic mass is 10.4. The molecule has 3 nitrogen and oxygen atoms in total. The summed E-state index contributed by atoms with van der Waals surface area (Å²) >= 11 is 0. The second kappa shape index (κ2) is 4.00. The van der Waals surface area contributed by atoms with E-state index in [1.165, 1.54) is 0 Å². The lowest BCUT2D eigenvalue weighted by Gasteiger charge is -1.99. The smallest absolute Gasteiger partial charge is 0.215 e. The summed E-state index contributed by atoms with van der Waals surface area (Å²) in [5, 5.41) is 8.48. The number of terminal acetylenes is 1. The molecule has 0 atom stereocenters. The van der Waals surface area contributed by atoms with Crippen molar-refractivity contribution in [2.24, 2.45) is 0 Å². The van der Waals surface area contributed by atoms with Crippen molar-refractivity contribution >= 4 is 0 Å². The molecule has 0 radical (unpaired) electrons. The van der Waals surface area contributed by atoms with E-state index in [9.17, 15) is 0 Å². The molecule has 0 bridgehead atoms. The summed E-state index contributed by atoms with van der Waals surface area (Å²) in [5.74, 6) is 2.69. The Morgan fingerprint density at radius 1 is 1.58 bits per heavy atom. The van der Waals surface area contributed by atoms with Gasteiger partial charge >= 0.3 is 0 Å². The maximum atomic E-state index is 8.48. The molecule has 1 heterocycles. The third-order valence-electron chi connectivity index (χ3n) is 1.14. The van der Waals surface area contributed by atoms with E-state index in [0.29, 0.717) is 11.6 Å². The Labute approximate surface area is 70.6 Å². The Bertz CT molecular complexity index is 346. The van der Waals surface area contributed by atoms with Crippen molar-refractivity contribution in [2.75, 3.05) is 6.61 Å². The number of rotatable bonds is 2. The number of aromatic nitrogens is 1. The van der Waals surface area contributed by atoms with E-state index >= 15 is 0 Å². The quantitative estimate of drug-likeness (QED) is 0.602. The number of nitrogens with zero attached hydrogens (tertiary/aromatic N) is 2. The third-order valence-corrected chi connectivity index (χ3v) is 1.14. The molecule has 0 saturated heterocycles. The molecular formula is C9H6N2O. The van der Waals surface area contributed by atoms with Crippen LogP contribution < -0.4 is 4.74 Å². The van der Waals surface area contributed by atoms with E-state index in [1.807, 2.05) is 6.07 Å². The summed E-state index contributed by atoms with van der Waals surface area (Å²) in [4.78, 5) is 3.85. The largest absolute Gasteiger partial charge is 0.464 e. The minimum absolute atomic E-state index is 0.169. The van der Waals surface area contributed by atoms with Crippen molar-refractivity contribution < 1.29 is 4.74 Å². The van der Waals surface area contributed by atoms with Crippen molar-refractivity contribution in [3.05, 3.63) is 23.9 Å². The average Bonchev–Trinajstić information content (AvgIpc) is 2.15. The van der Waals surface area contributed by atoms with Gasteiger partial charge in [-0.05, 0) is 6.07 Å². The van der Waals surface area contributed by atoms with Gasteiger partial charge in [-0.1, -0.05) is 12.0 Å². The maximum absolute atomic E-state index is 8.48. The average molecular weight is 158 g/mol. The van der Waals surface area contributed by atoms with Gasteiger partial charge in [0.05, 0.1) is 0 Å². The highest BCUT2D eigenvalue weighted by Gasteiger charge is 1.95. The molecule has 1 aromatic rings. The molecule has 0 spiro atoms. The lowest BCUT2D eigenvalue weighted by molar-refractivity contribution is 0.355. The zero-order valence-electron chi connectivity index (χ0n) is 6.32. The van der Waals surface area contributed by atoms with E-state index in [4.69, 9.17) is 16.4 Å². The number of hydrogen-bond donors (Lipinski definition) is 0. The summed E-state index contributed by atoms with van der Waals surface area (Å²) in [5.41, 5.74) is 0.324. The van der Waals surface area contributed by atoms with Gasteiger partial charge in [0.25, 0.3) is 0 Å². The van der Waals surface area contributed by atoms with E-state index in [0.717, 1.165) is 0 Å². The topological polar surface area (TPSA) is 45.9 Å². The van der Waals surface area contributed by atoms with E-state index in [1.54, 1.807) is 18.2 Å². The van der Waals surface area contributed by atoms with Gasteiger partial charge in [-0.3, -0.25) is 0 Å². The molecule has 3 heteroatoms. The maximum Gasteiger partial charge on any atom is 0.215 e. The predicted molar refractivity (Wildman–Crippen MR) is 43.3 cm³/mol. The van der Waals surface area contributed by atoms with Crippen molar-refractivity contribution in [2.45, 2.75) is 0 Å². The molecule has 0 amide bonds. The minimum atomic E-state index is 0.169. The van der Waals surface area contributed by atoms with Gasteiger partial charge in [-0.25, -0.2) is 4.98 Å². The first-order valence-corrected chi connectivity index (χ1v) is 3.30. The van der Waals surface area contributed by atoms with Gasteiger partial charge in [-0.15, -0.1) is 6.42 Å². The molecule has 0 unspecified atom stereocenters. The number of ether oxygens (including phenoxy) is 1. The molecule has 12 heavy (non-hydrogen) atoms. The number of pyridine rings is 1. The summed E-state index contributed by atoms with van der Waals surface area (Å²) < 4.78 is 5.00. The number of hydrogen-bond acceptors (Lipinski definition) is 3. The molecule has 0 aliphatic rings. The molecule has 58 valence electrons. The van der Waals surface area contributed by atoms with Crippen LogP contribution in [0.2, 0.25) is 0 Å². The van der Waals surface area contributed by atoms with E-state index in [-0.39, 0.29) is 6.61 Å². The minimum Gasteiger partial charge on any atom is -0.464 e. The van der Waals surface area contributed by atoms with Crippen molar-refractivity contribution in [3.8, 4) is 24.3 Å². The Morgan fingerprint density at radius 3 is 3.08 bits per heavy atom. The Morgan fingerprint density at radius 2 is 2.42 bits per heavy atom. The highest BCUT2D eigenvalue weighted by atomic mass is 16.5. The fourth-order valence-electron chi connectivity index (χ4n) is 0.673. The first kappa shape index (κ1) is 8.10. The number of nitriles is 1. The zero-order valence-corrected chi connectivity index (χ0v) is 6.32. The van der Waals surface area contributed by atoms with Gasteiger partial charge < -0.3 is 4.74 Å². The van der Waals surface area contributed by atoms with Crippen LogP contribution in [0.3, 0.4) is 0 Å². The summed E-state index contributed by atoms with van der Waals surface area (Å²) in [7, 11) is 0. The Kier molecular flexibility index (Phi) is 2.70. The molecule has 0 aliphatic heterocycles. The van der Waals surface area contributed by atoms with Crippen LogP contribution in [-0.2, 0) is 0 Å². The Balaban J connectivity index is 2.76. The van der Waals surface area contributed by atoms with Gasteiger partial charge in [0, 0.05) is 6.07 Å². The fraction of sp³-hybridized carbons (Fsp3) is 0.111. The molecule has 0 aliphatic carbocycles. The van der Waals surface area contributed by atoms with Crippen LogP contribution in [0.5, 0.6) is 5.88 Å². The molecule has 1 aromatic heterocycles. The van der Waals surface area contributed by atoms with Crippen molar-refractivity contribution in [1.29, 1.82) is 5.26 Å². The first-order valence-electron chi connectivity index (χ1n) is 3.30. The van der Waals surface area contributed by atoms with Crippen molar-refractivity contribution in [3.63, 3.8) is 0 Å². The molecule has 0 saturated carbocycles. The van der Waals surface area contributed by atoms with Crippen molar-refractivity contribution in [1.82, 2.24) is 4.98 Å². The lowest BCUT2D eigenvalue weighted by Crippen LogP contribution is -1.96. The normalized spacial score (nSPS) is 8.17. The molecule has 0 N–H and O–H groups in total. The van der Waals surface area contributed by atoms with Crippen LogP contribution in [0.1, 0.15) is 5.69 Å². The van der Waals surface area contributed by atoms with Gasteiger partial charge in [0.2, 0.25) is 5.88 Å². The van der Waals surface area contributed by atoms with Crippen LogP contribution in [0.15, 0.2) is 18.2 Å². The van der Waals surface area contributed by atoms with Gasteiger partial charge in [-0.2, -0.15) is 5.26 Å². The summed E-state index contributed by atoms with van der Waals surface area (Å²) in [6.45, 7) is 0.169. The predicted octanol–water partition coefficient (Wildman–Crippen LogP) is 0.965. The van der Waals surface area contributed by atoms with E-state index < -0.39 is 0 Å². The highest BCUT2D eigenvalue weighted by molar-refractivity contribution is 5.24.